The molecule has 1 aliphatic carbocycles. The highest BCUT2D eigenvalue weighted by Gasteiger charge is 2.42. The molecule has 0 radical (unpaired) electrons. The van der Waals surface area contributed by atoms with Crippen molar-refractivity contribution in [3.63, 3.8) is 0 Å². The van der Waals surface area contributed by atoms with Crippen molar-refractivity contribution >= 4 is 5.91 Å². The summed E-state index contributed by atoms with van der Waals surface area (Å²) in [7, 11) is 0. The number of para-hydroxylation sites is 1. The topological polar surface area (TPSA) is 60.0 Å². The van der Waals surface area contributed by atoms with Crippen molar-refractivity contribution in [3.8, 4) is 5.75 Å². The molecule has 4 rings (SSSR count). The number of hydrogen-bond donors (Lipinski definition) is 1. The van der Waals surface area contributed by atoms with E-state index < -0.39 is 0 Å². The highest BCUT2D eigenvalue weighted by atomic mass is 16.7. The molecule has 6 nitrogen and oxygen atoms in total. The summed E-state index contributed by atoms with van der Waals surface area (Å²) in [5.74, 6) is 0.825. The van der Waals surface area contributed by atoms with E-state index in [2.05, 4.69) is 10.2 Å². The van der Waals surface area contributed by atoms with Gasteiger partial charge in [0.05, 0.1) is 25.4 Å². The zero-order valence-electron chi connectivity index (χ0n) is 18.4. The largest absolute Gasteiger partial charge is 0.492 e. The van der Waals surface area contributed by atoms with Crippen LogP contribution >= 0.6 is 0 Å². The van der Waals surface area contributed by atoms with E-state index >= 15 is 0 Å². The maximum atomic E-state index is 12.5. The third-order valence-corrected chi connectivity index (χ3v) is 6.62. The number of ether oxygens (including phenoxy) is 3. The molecule has 0 bridgehead atoms. The van der Waals surface area contributed by atoms with Crippen LogP contribution in [-0.4, -0.2) is 61.6 Å². The number of likely N-dealkylation sites (tertiary alicyclic amines) is 1. The average Bonchev–Trinajstić information content (AvgIpc) is 3.20. The molecule has 30 heavy (non-hydrogen) atoms. The standard InChI is InChI=1S/C24H36N2O4/c1-18(2)25-23(27)21-7-3-4-8-22(21)28-17-19-6-5-13-26(16-19)20-9-11-24(12-10-20)29-14-15-30-24/h3-4,7-8,18-20H,5-6,9-17H2,1-2H3,(H,25,27). The minimum atomic E-state index is -0.283. The Morgan fingerprint density at radius 3 is 2.67 bits per heavy atom. The Hall–Kier alpha value is -1.63. The molecule has 6 heteroatoms. The van der Waals surface area contributed by atoms with Crippen molar-refractivity contribution in [2.75, 3.05) is 32.9 Å². The Labute approximate surface area is 180 Å². The van der Waals surface area contributed by atoms with Gasteiger partial charge in [-0.05, 0) is 58.2 Å². The highest BCUT2D eigenvalue weighted by Crippen LogP contribution is 2.38. The van der Waals surface area contributed by atoms with Gasteiger partial charge < -0.3 is 19.5 Å². The van der Waals surface area contributed by atoms with E-state index in [-0.39, 0.29) is 17.7 Å². The predicted octanol–water partition coefficient (Wildman–Crippen LogP) is 3.60. The van der Waals surface area contributed by atoms with Crippen LogP contribution in [0.15, 0.2) is 24.3 Å². The zero-order valence-corrected chi connectivity index (χ0v) is 18.4. The number of nitrogens with zero attached hydrogens (tertiary/aromatic N) is 1. The number of amides is 1. The predicted molar refractivity (Wildman–Crippen MR) is 116 cm³/mol. The minimum Gasteiger partial charge on any atom is -0.492 e. The summed E-state index contributed by atoms with van der Waals surface area (Å²) in [6.45, 7) is 8.31. The van der Waals surface area contributed by atoms with Crippen LogP contribution in [-0.2, 0) is 9.47 Å². The Morgan fingerprint density at radius 2 is 1.93 bits per heavy atom. The van der Waals surface area contributed by atoms with Crippen molar-refractivity contribution < 1.29 is 19.0 Å². The molecule has 0 aromatic heterocycles. The van der Waals surface area contributed by atoms with Gasteiger partial charge in [-0.2, -0.15) is 0 Å². The second kappa shape index (κ2) is 9.67. The lowest BCUT2D eigenvalue weighted by atomic mass is 9.87. The van der Waals surface area contributed by atoms with Crippen molar-refractivity contribution in [1.82, 2.24) is 10.2 Å². The van der Waals surface area contributed by atoms with E-state index in [9.17, 15) is 4.79 Å². The fourth-order valence-electron chi connectivity index (χ4n) is 5.09. The van der Waals surface area contributed by atoms with Gasteiger partial charge >= 0.3 is 0 Å². The van der Waals surface area contributed by atoms with E-state index in [1.807, 2.05) is 38.1 Å². The molecule has 3 fully saturated rings. The number of piperidine rings is 1. The second-order valence-corrected chi connectivity index (χ2v) is 9.28. The van der Waals surface area contributed by atoms with Crippen LogP contribution in [0.1, 0.15) is 62.7 Å². The molecule has 1 aromatic carbocycles. The molecule has 1 amide bonds. The molecule has 2 aliphatic heterocycles. The molecule has 1 saturated carbocycles. The first-order valence-electron chi connectivity index (χ1n) is 11.6. The lowest BCUT2D eigenvalue weighted by Crippen LogP contribution is -2.48. The van der Waals surface area contributed by atoms with Gasteiger partial charge in [-0.15, -0.1) is 0 Å². The van der Waals surface area contributed by atoms with E-state index in [4.69, 9.17) is 14.2 Å². The van der Waals surface area contributed by atoms with Crippen molar-refractivity contribution in [3.05, 3.63) is 29.8 Å². The molecular weight excluding hydrogens is 380 g/mol. The average molecular weight is 417 g/mol. The van der Waals surface area contributed by atoms with Crippen LogP contribution in [0, 0.1) is 5.92 Å². The van der Waals surface area contributed by atoms with Crippen LogP contribution < -0.4 is 10.1 Å². The molecule has 166 valence electrons. The number of carbonyl (C=O) groups excluding carboxylic acids is 1. The number of hydrogen-bond acceptors (Lipinski definition) is 5. The maximum absolute atomic E-state index is 12.5. The molecule has 1 unspecified atom stereocenters. The summed E-state index contributed by atoms with van der Waals surface area (Å²) in [5.41, 5.74) is 0.619. The van der Waals surface area contributed by atoms with Crippen molar-refractivity contribution in [2.24, 2.45) is 5.92 Å². The fraction of sp³-hybridized carbons (Fsp3) is 0.708. The van der Waals surface area contributed by atoms with Crippen LogP contribution in [0.4, 0.5) is 0 Å². The Morgan fingerprint density at radius 1 is 1.20 bits per heavy atom. The summed E-state index contributed by atoms with van der Waals surface area (Å²) in [4.78, 5) is 15.1. The first kappa shape index (κ1) is 21.6. The van der Waals surface area contributed by atoms with Crippen LogP contribution in [0.3, 0.4) is 0 Å². The van der Waals surface area contributed by atoms with Gasteiger partial charge in [0.1, 0.15) is 5.75 Å². The van der Waals surface area contributed by atoms with E-state index in [0.717, 1.165) is 45.4 Å². The van der Waals surface area contributed by atoms with Gasteiger partial charge in [-0.25, -0.2) is 0 Å². The first-order chi connectivity index (χ1) is 14.5. The molecule has 2 saturated heterocycles. The number of carbonyl (C=O) groups is 1. The normalized spacial score (nSPS) is 25.0. The summed E-state index contributed by atoms with van der Waals surface area (Å²) in [6, 6.07) is 8.28. The molecule has 3 aliphatic rings. The Balaban J connectivity index is 1.29. The van der Waals surface area contributed by atoms with Crippen LogP contribution in [0.25, 0.3) is 0 Å². The lowest BCUT2D eigenvalue weighted by Gasteiger charge is -2.43. The quantitative estimate of drug-likeness (QED) is 0.768. The van der Waals surface area contributed by atoms with E-state index in [1.165, 1.54) is 19.4 Å². The number of nitrogens with one attached hydrogen (secondary N) is 1. The van der Waals surface area contributed by atoms with Gasteiger partial charge in [0, 0.05) is 37.4 Å². The lowest BCUT2D eigenvalue weighted by molar-refractivity contribution is -0.184. The number of benzene rings is 1. The molecule has 1 atom stereocenters. The Bertz CT molecular complexity index is 707. The summed E-state index contributed by atoms with van der Waals surface area (Å²) in [6.07, 6.45) is 6.69. The second-order valence-electron chi connectivity index (χ2n) is 9.28. The summed E-state index contributed by atoms with van der Waals surface area (Å²) >= 11 is 0. The molecule has 1 aromatic rings. The van der Waals surface area contributed by atoms with Gasteiger partial charge in [-0.3, -0.25) is 9.69 Å². The third kappa shape index (κ3) is 5.16. The van der Waals surface area contributed by atoms with E-state index in [0.29, 0.717) is 29.9 Å². The van der Waals surface area contributed by atoms with Crippen LogP contribution in [0.2, 0.25) is 0 Å². The Kier molecular flexibility index (Phi) is 6.96. The van der Waals surface area contributed by atoms with Gasteiger partial charge in [0.2, 0.25) is 0 Å². The monoisotopic (exact) mass is 416 g/mol. The summed E-state index contributed by atoms with van der Waals surface area (Å²) in [5, 5.41) is 2.96. The SMILES string of the molecule is CC(C)NC(=O)c1ccccc1OCC1CCCN(C2CCC3(CC2)OCCO3)C1. The summed E-state index contributed by atoms with van der Waals surface area (Å²) < 4.78 is 17.9. The molecular formula is C24H36N2O4. The van der Waals surface area contributed by atoms with Crippen molar-refractivity contribution in [1.29, 1.82) is 0 Å². The van der Waals surface area contributed by atoms with Crippen LogP contribution in [0.5, 0.6) is 5.75 Å². The first-order valence-corrected chi connectivity index (χ1v) is 11.6. The molecule has 1 N–H and O–H groups in total. The van der Waals surface area contributed by atoms with Gasteiger partial charge in [0.25, 0.3) is 5.91 Å². The third-order valence-electron chi connectivity index (χ3n) is 6.62. The fourth-order valence-corrected chi connectivity index (χ4v) is 5.09. The molecule has 1 spiro atoms. The molecule has 2 heterocycles. The minimum absolute atomic E-state index is 0.0710. The van der Waals surface area contributed by atoms with Crippen molar-refractivity contribution in [2.45, 2.75) is 70.2 Å². The zero-order chi connectivity index (χ0) is 21.0. The smallest absolute Gasteiger partial charge is 0.255 e. The number of rotatable bonds is 6. The maximum Gasteiger partial charge on any atom is 0.255 e. The van der Waals surface area contributed by atoms with Gasteiger partial charge in [0.15, 0.2) is 5.79 Å². The highest BCUT2D eigenvalue weighted by molar-refractivity contribution is 5.97. The van der Waals surface area contributed by atoms with E-state index in [1.54, 1.807) is 0 Å². The van der Waals surface area contributed by atoms with Gasteiger partial charge in [-0.1, -0.05) is 12.1 Å².